The Labute approximate surface area is 193 Å². The van der Waals surface area contributed by atoms with Gasteiger partial charge in [-0.25, -0.2) is 0 Å². The molecule has 1 saturated heterocycles. The van der Waals surface area contributed by atoms with Gasteiger partial charge in [-0.3, -0.25) is 9.80 Å². The molecule has 1 aliphatic rings. The van der Waals surface area contributed by atoms with Crippen LogP contribution in [0.5, 0.6) is 0 Å². The molecule has 1 heterocycles. The van der Waals surface area contributed by atoms with Crippen molar-refractivity contribution in [3.63, 3.8) is 0 Å². The molecular weight excluding hydrogens is 411 g/mol. The molecule has 30 heavy (non-hydrogen) atoms. The number of rotatable bonds is 6. The first-order valence-corrected chi connectivity index (χ1v) is 10.2. The van der Waals surface area contributed by atoms with Crippen LogP contribution in [-0.4, -0.2) is 42.5 Å². The third kappa shape index (κ3) is 6.45. The molecule has 3 aromatic rings. The van der Waals surface area contributed by atoms with Crippen molar-refractivity contribution < 1.29 is 0 Å². The van der Waals surface area contributed by atoms with Gasteiger partial charge >= 0.3 is 0 Å². The van der Waals surface area contributed by atoms with Gasteiger partial charge in [0.1, 0.15) is 0 Å². The zero-order chi connectivity index (χ0) is 19.0. The Kier molecular flexibility index (Phi) is 10.1. The van der Waals surface area contributed by atoms with E-state index in [4.69, 9.17) is 0 Å². The van der Waals surface area contributed by atoms with E-state index in [9.17, 15) is 0 Å². The summed E-state index contributed by atoms with van der Waals surface area (Å²) < 4.78 is 0. The Bertz CT molecular complexity index is 822. The molecule has 2 nitrogen and oxygen atoms in total. The number of halogens is 2. The Morgan fingerprint density at radius 3 is 1.60 bits per heavy atom. The molecular formula is C26H30Cl2N2. The van der Waals surface area contributed by atoms with Gasteiger partial charge in [0.2, 0.25) is 0 Å². The van der Waals surface area contributed by atoms with Crippen molar-refractivity contribution in [1.29, 1.82) is 0 Å². The first-order valence-electron chi connectivity index (χ1n) is 10.2. The topological polar surface area (TPSA) is 6.48 Å². The van der Waals surface area contributed by atoms with Crippen LogP contribution in [0.3, 0.4) is 0 Å². The van der Waals surface area contributed by atoms with E-state index in [-0.39, 0.29) is 24.8 Å². The second kappa shape index (κ2) is 12.6. The SMILES string of the molecule is C(=C\c1ccccc1)/CN1CCN(C(c2ccccc2)c2ccccc2)CC1.Cl.Cl. The van der Waals surface area contributed by atoms with Crippen LogP contribution in [0.4, 0.5) is 0 Å². The average Bonchev–Trinajstić information content (AvgIpc) is 2.77. The van der Waals surface area contributed by atoms with Gasteiger partial charge in [-0.2, -0.15) is 0 Å². The minimum atomic E-state index is 0. The van der Waals surface area contributed by atoms with E-state index in [0.717, 1.165) is 32.7 Å². The fraction of sp³-hybridized carbons (Fsp3) is 0.231. The number of hydrogen-bond acceptors (Lipinski definition) is 2. The Balaban J connectivity index is 0.00000160. The van der Waals surface area contributed by atoms with E-state index in [1.165, 1.54) is 16.7 Å². The fourth-order valence-electron chi connectivity index (χ4n) is 3.99. The van der Waals surface area contributed by atoms with Crippen molar-refractivity contribution in [2.24, 2.45) is 0 Å². The number of hydrogen-bond donors (Lipinski definition) is 0. The summed E-state index contributed by atoms with van der Waals surface area (Å²) in [7, 11) is 0. The molecule has 1 fully saturated rings. The maximum Gasteiger partial charge on any atom is 0.0602 e. The molecule has 4 rings (SSSR count). The van der Waals surface area contributed by atoms with E-state index in [1.54, 1.807) is 0 Å². The highest BCUT2D eigenvalue weighted by Gasteiger charge is 2.25. The van der Waals surface area contributed by atoms with Gasteiger partial charge in [0.25, 0.3) is 0 Å². The molecule has 158 valence electrons. The molecule has 0 radical (unpaired) electrons. The maximum atomic E-state index is 2.63. The molecule has 0 bridgehead atoms. The van der Waals surface area contributed by atoms with Crippen molar-refractivity contribution in [2.75, 3.05) is 32.7 Å². The summed E-state index contributed by atoms with van der Waals surface area (Å²) in [4.78, 5) is 5.17. The summed E-state index contributed by atoms with van der Waals surface area (Å²) in [5.41, 5.74) is 4.03. The molecule has 0 aliphatic carbocycles. The maximum absolute atomic E-state index is 2.63. The summed E-state index contributed by atoms with van der Waals surface area (Å²) in [6, 6.07) is 32.7. The molecule has 0 atom stereocenters. The van der Waals surface area contributed by atoms with E-state index in [1.807, 2.05) is 0 Å². The monoisotopic (exact) mass is 440 g/mol. The van der Waals surface area contributed by atoms with Crippen LogP contribution in [-0.2, 0) is 0 Å². The molecule has 0 unspecified atom stereocenters. The van der Waals surface area contributed by atoms with Crippen molar-refractivity contribution in [2.45, 2.75) is 6.04 Å². The Hall–Kier alpha value is -2.10. The second-order valence-corrected chi connectivity index (χ2v) is 7.37. The van der Waals surface area contributed by atoms with Gasteiger partial charge in [-0.15, -0.1) is 24.8 Å². The molecule has 0 saturated carbocycles. The highest BCUT2D eigenvalue weighted by atomic mass is 35.5. The minimum absolute atomic E-state index is 0. The highest BCUT2D eigenvalue weighted by Crippen LogP contribution is 2.29. The number of benzene rings is 3. The number of piperazine rings is 1. The van der Waals surface area contributed by atoms with Gasteiger partial charge in [0, 0.05) is 32.7 Å². The van der Waals surface area contributed by atoms with E-state index < -0.39 is 0 Å². The lowest BCUT2D eigenvalue weighted by molar-refractivity contribution is 0.118. The lowest BCUT2D eigenvalue weighted by atomic mass is 9.96. The zero-order valence-electron chi connectivity index (χ0n) is 17.1. The summed E-state index contributed by atoms with van der Waals surface area (Å²) in [5.74, 6) is 0. The van der Waals surface area contributed by atoms with Crippen LogP contribution in [0, 0.1) is 0 Å². The van der Waals surface area contributed by atoms with Crippen LogP contribution in [0.25, 0.3) is 6.08 Å². The van der Waals surface area contributed by atoms with Crippen molar-refractivity contribution >= 4 is 30.9 Å². The molecule has 0 amide bonds. The van der Waals surface area contributed by atoms with E-state index in [0.29, 0.717) is 6.04 Å². The summed E-state index contributed by atoms with van der Waals surface area (Å²) in [6.45, 7) is 5.41. The summed E-state index contributed by atoms with van der Waals surface area (Å²) >= 11 is 0. The van der Waals surface area contributed by atoms with Crippen LogP contribution < -0.4 is 0 Å². The predicted octanol–water partition coefficient (Wildman–Crippen LogP) is 5.95. The third-order valence-electron chi connectivity index (χ3n) is 5.48. The second-order valence-electron chi connectivity index (χ2n) is 7.37. The number of nitrogens with zero attached hydrogens (tertiary/aromatic N) is 2. The first-order chi connectivity index (χ1) is 13.9. The minimum Gasteiger partial charge on any atom is -0.297 e. The Morgan fingerprint density at radius 2 is 1.10 bits per heavy atom. The van der Waals surface area contributed by atoms with Gasteiger partial charge < -0.3 is 0 Å². The third-order valence-corrected chi connectivity index (χ3v) is 5.48. The predicted molar refractivity (Wildman–Crippen MR) is 133 cm³/mol. The van der Waals surface area contributed by atoms with Crippen molar-refractivity contribution in [3.8, 4) is 0 Å². The fourth-order valence-corrected chi connectivity index (χ4v) is 3.99. The zero-order valence-corrected chi connectivity index (χ0v) is 18.8. The quantitative estimate of drug-likeness (QED) is 0.466. The van der Waals surface area contributed by atoms with Crippen LogP contribution in [0.1, 0.15) is 22.7 Å². The van der Waals surface area contributed by atoms with Gasteiger partial charge in [-0.05, 0) is 16.7 Å². The van der Waals surface area contributed by atoms with Gasteiger partial charge in [0.05, 0.1) is 6.04 Å². The Morgan fingerprint density at radius 1 is 0.633 bits per heavy atom. The standard InChI is InChI=1S/C26H28N2.2ClH/c1-4-11-23(12-5-1)13-10-18-27-19-21-28(22-20-27)26(24-14-6-2-7-15-24)25-16-8-3-9-17-25;;/h1-17,26H,18-22H2;2*1H/b13-10+;;. The lowest BCUT2D eigenvalue weighted by Gasteiger charge is -2.39. The highest BCUT2D eigenvalue weighted by molar-refractivity contribution is 5.85. The largest absolute Gasteiger partial charge is 0.297 e. The van der Waals surface area contributed by atoms with Crippen LogP contribution >= 0.6 is 24.8 Å². The smallest absolute Gasteiger partial charge is 0.0602 e. The van der Waals surface area contributed by atoms with Crippen LogP contribution in [0.2, 0.25) is 0 Å². The average molecular weight is 441 g/mol. The lowest BCUT2D eigenvalue weighted by Crippen LogP contribution is -2.47. The summed E-state index contributed by atoms with van der Waals surface area (Å²) in [5, 5.41) is 0. The molecule has 3 aromatic carbocycles. The van der Waals surface area contributed by atoms with Crippen molar-refractivity contribution in [1.82, 2.24) is 9.80 Å². The molecule has 1 aliphatic heterocycles. The first kappa shape index (κ1) is 24.2. The normalized spacial score (nSPS) is 15.0. The molecule has 0 spiro atoms. The van der Waals surface area contributed by atoms with E-state index >= 15 is 0 Å². The molecule has 4 heteroatoms. The van der Waals surface area contributed by atoms with Crippen molar-refractivity contribution in [3.05, 3.63) is 114 Å². The summed E-state index contributed by atoms with van der Waals surface area (Å²) in [6.07, 6.45) is 4.51. The molecule has 0 aromatic heterocycles. The molecule has 0 N–H and O–H groups in total. The van der Waals surface area contributed by atoms with Crippen LogP contribution in [0.15, 0.2) is 97.1 Å². The van der Waals surface area contributed by atoms with Gasteiger partial charge in [-0.1, -0.05) is 103 Å². The van der Waals surface area contributed by atoms with Gasteiger partial charge in [0.15, 0.2) is 0 Å². The van der Waals surface area contributed by atoms with E-state index in [2.05, 4.69) is 113 Å².